The molecule has 0 aliphatic carbocycles. The molecule has 0 radical (unpaired) electrons. The van der Waals surface area contributed by atoms with Crippen LogP contribution >= 0.6 is 0 Å². The molecule has 0 unspecified atom stereocenters. The van der Waals surface area contributed by atoms with Crippen molar-refractivity contribution in [2.45, 2.75) is 19.5 Å². The molecule has 0 spiro atoms. The lowest BCUT2D eigenvalue weighted by Crippen LogP contribution is -2.29. The van der Waals surface area contributed by atoms with Crippen molar-refractivity contribution in [2.24, 2.45) is 0 Å². The molecule has 0 amide bonds. The Bertz CT molecular complexity index is 461. The Balaban J connectivity index is 1.71. The van der Waals surface area contributed by atoms with Gasteiger partial charge >= 0.3 is 0 Å². The maximum absolute atomic E-state index is 4.25. The first-order chi connectivity index (χ1) is 7.92. The lowest BCUT2D eigenvalue weighted by molar-refractivity contribution is 0.245. The van der Waals surface area contributed by atoms with Gasteiger partial charge in [-0.1, -0.05) is 30.3 Å². The first kappa shape index (κ1) is 9.60. The molecular weight excluding hydrogens is 198 g/mol. The summed E-state index contributed by atoms with van der Waals surface area (Å²) in [4.78, 5) is 2.47. The molecule has 0 saturated carbocycles. The van der Waals surface area contributed by atoms with Crippen LogP contribution in [0.3, 0.4) is 0 Å². The molecule has 16 heavy (non-hydrogen) atoms. The lowest BCUT2D eigenvalue weighted by Gasteiger charge is -2.25. The minimum atomic E-state index is 1.01. The fourth-order valence-electron chi connectivity index (χ4n) is 2.26. The summed E-state index contributed by atoms with van der Waals surface area (Å²) in [6.07, 6.45) is 3.08. The van der Waals surface area contributed by atoms with Crippen molar-refractivity contribution >= 4 is 0 Å². The van der Waals surface area contributed by atoms with Gasteiger partial charge in [-0.05, 0) is 5.56 Å². The van der Waals surface area contributed by atoms with E-state index < -0.39 is 0 Å². The number of hydrogen-bond donors (Lipinski definition) is 1. The van der Waals surface area contributed by atoms with Crippen molar-refractivity contribution < 1.29 is 0 Å². The van der Waals surface area contributed by atoms with Crippen molar-refractivity contribution in [3.63, 3.8) is 0 Å². The van der Waals surface area contributed by atoms with Crippen LogP contribution in [0.2, 0.25) is 0 Å². The molecule has 1 N–H and O–H groups in total. The predicted molar refractivity (Wildman–Crippen MR) is 62.8 cm³/mol. The second-order valence-electron chi connectivity index (χ2n) is 4.30. The third-order valence-electron chi connectivity index (χ3n) is 3.12. The Hall–Kier alpha value is -1.61. The van der Waals surface area contributed by atoms with Crippen LogP contribution in [0, 0.1) is 0 Å². The first-order valence-electron chi connectivity index (χ1n) is 5.69. The van der Waals surface area contributed by atoms with Gasteiger partial charge in [0.05, 0.1) is 5.69 Å². The summed E-state index contributed by atoms with van der Waals surface area (Å²) in [7, 11) is 0. The minimum Gasteiger partial charge on any atom is -0.294 e. The number of hydrogen-bond acceptors (Lipinski definition) is 2. The molecule has 3 heteroatoms. The van der Waals surface area contributed by atoms with Crippen LogP contribution in [0.15, 0.2) is 36.5 Å². The van der Waals surface area contributed by atoms with Gasteiger partial charge in [0.25, 0.3) is 0 Å². The molecule has 1 aromatic carbocycles. The summed E-state index contributed by atoms with van der Waals surface area (Å²) in [6.45, 7) is 3.15. The maximum atomic E-state index is 4.25. The van der Waals surface area contributed by atoms with E-state index in [9.17, 15) is 0 Å². The Kier molecular flexibility index (Phi) is 2.46. The molecule has 1 aliphatic heterocycles. The molecule has 3 nitrogen and oxygen atoms in total. The number of H-pyrrole nitrogens is 1. The molecule has 2 aromatic rings. The summed E-state index contributed by atoms with van der Waals surface area (Å²) in [6, 6.07) is 10.6. The normalized spacial score (nSPS) is 16.0. The van der Waals surface area contributed by atoms with E-state index in [0.29, 0.717) is 0 Å². The fourth-order valence-corrected chi connectivity index (χ4v) is 2.26. The van der Waals surface area contributed by atoms with E-state index in [2.05, 4.69) is 45.4 Å². The summed E-state index contributed by atoms with van der Waals surface area (Å²) in [5.41, 5.74) is 3.97. The second-order valence-corrected chi connectivity index (χ2v) is 4.30. The molecule has 2 heterocycles. The zero-order valence-corrected chi connectivity index (χ0v) is 9.19. The molecule has 0 fully saturated rings. The van der Waals surface area contributed by atoms with Gasteiger partial charge < -0.3 is 0 Å². The van der Waals surface area contributed by atoms with E-state index in [1.54, 1.807) is 0 Å². The van der Waals surface area contributed by atoms with Gasteiger partial charge in [0.1, 0.15) is 0 Å². The van der Waals surface area contributed by atoms with Crippen LogP contribution in [-0.4, -0.2) is 21.6 Å². The molecule has 1 aromatic heterocycles. The molecular formula is C13H15N3. The van der Waals surface area contributed by atoms with Crippen molar-refractivity contribution in [3.8, 4) is 0 Å². The number of benzene rings is 1. The second kappa shape index (κ2) is 4.10. The van der Waals surface area contributed by atoms with Crippen LogP contribution in [0.4, 0.5) is 0 Å². The van der Waals surface area contributed by atoms with Gasteiger partial charge in [-0.25, -0.2) is 0 Å². The largest absolute Gasteiger partial charge is 0.294 e. The first-order valence-corrected chi connectivity index (χ1v) is 5.69. The topological polar surface area (TPSA) is 31.9 Å². The van der Waals surface area contributed by atoms with Gasteiger partial charge in [-0.15, -0.1) is 0 Å². The van der Waals surface area contributed by atoms with Crippen LogP contribution < -0.4 is 0 Å². The van der Waals surface area contributed by atoms with E-state index in [-0.39, 0.29) is 0 Å². The summed E-state index contributed by atoms with van der Waals surface area (Å²) in [5, 5.41) is 7.19. The van der Waals surface area contributed by atoms with Crippen molar-refractivity contribution in [3.05, 3.63) is 53.3 Å². The number of rotatable bonds is 2. The van der Waals surface area contributed by atoms with Gasteiger partial charge in [0, 0.05) is 37.8 Å². The third kappa shape index (κ3) is 1.86. The number of nitrogens with zero attached hydrogens (tertiary/aromatic N) is 2. The average molecular weight is 213 g/mol. The number of aromatic amines is 1. The molecule has 82 valence electrons. The van der Waals surface area contributed by atoms with Gasteiger partial charge in [-0.2, -0.15) is 5.10 Å². The Morgan fingerprint density at radius 2 is 2.12 bits per heavy atom. The molecule has 0 atom stereocenters. The van der Waals surface area contributed by atoms with E-state index in [4.69, 9.17) is 0 Å². The highest BCUT2D eigenvalue weighted by atomic mass is 15.2. The van der Waals surface area contributed by atoms with Gasteiger partial charge in [-0.3, -0.25) is 10.00 Å². The Labute approximate surface area is 95.1 Å². The highest BCUT2D eigenvalue weighted by Gasteiger charge is 2.17. The Morgan fingerprint density at radius 3 is 3.00 bits per heavy atom. The highest BCUT2D eigenvalue weighted by molar-refractivity contribution is 5.20. The van der Waals surface area contributed by atoms with Gasteiger partial charge in [0.15, 0.2) is 0 Å². The van der Waals surface area contributed by atoms with E-state index >= 15 is 0 Å². The van der Waals surface area contributed by atoms with Crippen molar-refractivity contribution in [1.82, 2.24) is 15.1 Å². The maximum Gasteiger partial charge on any atom is 0.0679 e. The highest BCUT2D eigenvalue weighted by Crippen LogP contribution is 2.17. The standard InChI is InChI=1S/C13H15N3/c1-2-4-11(5-3-1)9-16-7-6-13-12(10-16)8-14-15-13/h1-5,8H,6-7,9-10H2,(H,14,15). The molecule has 0 saturated heterocycles. The predicted octanol–water partition coefficient (Wildman–Crippen LogP) is 1.97. The smallest absolute Gasteiger partial charge is 0.0679 e. The lowest BCUT2D eigenvalue weighted by atomic mass is 10.1. The molecule has 0 bridgehead atoms. The third-order valence-corrected chi connectivity index (χ3v) is 3.12. The van der Waals surface area contributed by atoms with E-state index in [1.807, 2.05) is 6.20 Å². The molecule has 1 aliphatic rings. The van der Waals surface area contributed by atoms with Gasteiger partial charge in [0.2, 0.25) is 0 Å². The summed E-state index contributed by atoms with van der Waals surface area (Å²) in [5.74, 6) is 0. The zero-order chi connectivity index (χ0) is 10.8. The number of nitrogens with one attached hydrogen (secondary N) is 1. The van der Waals surface area contributed by atoms with Crippen LogP contribution in [0.1, 0.15) is 16.8 Å². The van der Waals surface area contributed by atoms with Crippen molar-refractivity contribution in [1.29, 1.82) is 0 Å². The van der Waals surface area contributed by atoms with E-state index in [1.165, 1.54) is 16.8 Å². The van der Waals surface area contributed by atoms with Crippen LogP contribution in [-0.2, 0) is 19.5 Å². The average Bonchev–Trinajstić information content (AvgIpc) is 2.77. The Morgan fingerprint density at radius 1 is 1.25 bits per heavy atom. The monoisotopic (exact) mass is 213 g/mol. The SMILES string of the molecule is c1ccc(CN2CCc3n[nH]cc3C2)cc1. The minimum absolute atomic E-state index is 1.01. The quantitative estimate of drug-likeness (QED) is 0.827. The van der Waals surface area contributed by atoms with Crippen LogP contribution in [0.25, 0.3) is 0 Å². The fraction of sp³-hybridized carbons (Fsp3) is 0.308. The van der Waals surface area contributed by atoms with Crippen molar-refractivity contribution in [2.75, 3.05) is 6.54 Å². The molecule has 3 rings (SSSR count). The zero-order valence-electron chi connectivity index (χ0n) is 9.19. The summed E-state index contributed by atoms with van der Waals surface area (Å²) < 4.78 is 0. The number of fused-ring (bicyclic) bond motifs is 1. The van der Waals surface area contributed by atoms with E-state index in [0.717, 1.165) is 26.1 Å². The van der Waals surface area contributed by atoms with Crippen LogP contribution in [0.5, 0.6) is 0 Å². The summed E-state index contributed by atoms with van der Waals surface area (Å²) >= 11 is 0. The number of aromatic nitrogens is 2.